The number of aromatic amines is 1. The first-order valence-electron chi connectivity index (χ1n) is 6.29. The van der Waals surface area contributed by atoms with Gasteiger partial charge in [-0.05, 0) is 31.2 Å². The first-order valence-corrected chi connectivity index (χ1v) is 8.91. The van der Waals surface area contributed by atoms with Gasteiger partial charge in [-0.1, -0.05) is 29.8 Å². The zero-order valence-electron chi connectivity index (χ0n) is 11.8. The first kappa shape index (κ1) is 16.3. The van der Waals surface area contributed by atoms with E-state index in [-0.39, 0.29) is 6.61 Å². The zero-order chi connectivity index (χ0) is 15.7. The molecule has 0 aliphatic heterocycles. The van der Waals surface area contributed by atoms with Gasteiger partial charge in [0, 0.05) is 0 Å². The van der Waals surface area contributed by atoms with Gasteiger partial charge in [0.05, 0.1) is 24.0 Å². The Morgan fingerprint density at radius 2 is 2.00 bits per heavy atom. The standard InChI is InChI=1S/C13H18N3O3PS/c1-9-3-5-10(6-4-9)11-7-15-12(16-11)13(2,14)8-19-20(17,18)21/h3-7H,8,14H2,1-2H3,(H,15,16)(H2,17,18,21). The lowest BCUT2D eigenvalue weighted by atomic mass is 10.1. The van der Waals surface area contributed by atoms with Crippen molar-refractivity contribution in [2.75, 3.05) is 6.61 Å². The second-order valence-electron chi connectivity index (χ2n) is 5.19. The Hall–Kier alpha value is -1.08. The summed E-state index contributed by atoms with van der Waals surface area (Å²) in [4.78, 5) is 25.6. The number of imidazole rings is 1. The summed E-state index contributed by atoms with van der Waals surface area (Å²) in [5, 5.41) is 0. The lowest BCUT2D eigenvalue weighted by Gasteiger charge is -2.23. The number of H-pyrrole nitrogens is 1. The first-order chi connectivity index (χ1) is 9.67. The second kappa shape index (κ2) is 5.96. The highest BCUT2D eigenvalue weighted by molar-refractivity contribution is 8.06. The molecule has 0 bridgehead atoms. The summed E-state index contributed by atoms with van der Waals surface area (Å²) in [6.07, 6.45) is 1.68. The number of rotatable bonds is 5. The number of nitrogens with two attached hydrogens (primary N) is 1. The third kappa shape index (κ3) is 4.44. The van der Waals surface area contributed by atoms with Crippen molar-refractivity contribution in [1.82, 2.24) is 9.97 Å². The Labute approximate surface area is 128 Å². The SMILES string of the molecule is Cc1ccc(-c2cnc(C(C)(N)COP(O)(O)=S)[nH]2)cc1. The predicted molar refractivity (Wildman–Crippen MR) is 85.0 cm³/mol. The van der Waals surface area contributed by atoms with Crippen molar-refractivity contribution < 1.29 is 14.3 Å². The van der Waals surface area contributed by atoms with Crippen LogP contribution in [0, 0.1) is 6.92 Å². The third-order valence-electron chi connectivity index (χ3n) is 3.01. The van der Waals surface area contributed by atoms with E-state index in [1.54, 1.807) is 13.1 Å². The topological polar surface area (TPSA) is 104 Å². The molecule has 0 saturated heterocycles. The molecule has 5 N–H and O–H groups in total. The van der Waals surface area contributed by atoms with E-state index >= 15 is 0 Å². The highest BCUT2D eigenvalue weighted by atomic mass is 32.5. The molecule has 2 aromatic rings. The fraction of sp³-hybridized carbons (Fsp3) is 0.308. The summed E-state index contributed by atoms with van der Waals surface area (Å²) in [6, 6.07) is 7.98. The van der Waals surface area contributed by atoms with Crippen LogP contribution in [-0.2, 0) is 21.9 Å². The van der Waals surface area contributed by atoms with Gasteiger partial charge in [0.15, 0.2) is 0 Å². The van der Waals surface area contributed by atoms with Gasteiger partial charge in [-0.25, -0.2) is 4.98 Å². The fourth-order valence-electron chi connectivity index (χ4n) is 1.78. The summed E-state index contributed by atoms with van der Waals surface area (Å²) >= 11 is 4.41. The molecule has 1 heterocycles. The van der Waals surface area contributed by atoms with Crippen LogP contribution in [-0.4, -0.2) is 26.4 Å². The molecule has 0 radical (unpaired) electrons. The number of benzene rings is 1. The molecule has 0 spiro atoms. The van der Waals surface area contributed by atoms with E-state index in [4.69, 9.17) is 20.0 Å². The quantitative estimate of drug-likeness (QED) is 0.624. The van der Waals surface area contributed by atoms with Crippen LogP contribution in [0.2, 0.25) is 0 Å². The van der Waals surface area contributed by atoms with Crippen molar-refractivity contribution in [2.24, 2.45) is 5.73 Å². The molecule has 1 aromatic carbocycles. The van der Waals surface area contributed by atoms with Crippen molar-refractivity contribution in [3.05, 3.63) is 41.9 Å². The van der Waals surface area contributed by atoms with E-state index in [1.165, 1.54) is 5.56 Å². The van der Waals surface area contributed by atoms with E-state index in [0.29, 0.717) is 5.82 Å². The highest BCUT2D eigenvalue weighted by Crippen LogP contribution is 2.38. The fourth-order valence-corrected chi connectivity index (χ4v) is 2.37. The Kier molecular flexibility index (Phi) is 4.63. The number of hydrogen-bond donors (Lipinski definition) is 4. The minimum Gasteiger partial charge on any atom is -0.340 e. The van der Waals surface area contributed by atoms with E-state index in [2.05, 4.69) is 21.8 Å². The van der Waals surface area contributed by atoms with Crippen LogP contribution in [0.4, 0.5) is 0 Å². The van der Waals surface area contributed by atoms with Gasteiger partial charge in [0.25, 0.3) is 0 Å². The molecule has 8 heteroatoms. The van der Waals surface area contributed by atoms with Crippen LogP contribution in [0.3, 0.4) is 0 Å². The van der Waals surface area contributed by atoms with E-state index < -0.39 is 12.3 Å². The second-order valence-corrected chi connectivity index (χ2v) is 7.86. The van der Waals surface area contributed by atoms with Crippen molar-refractivity contribution >= 4 is 18.5 Å². The van der Waals surface area contributed by atoms with Crippen molar-refractivity contribution in [3.8, 4) is 11.3 Å². The zero-order valence-corrected chi connectivity index (χ0v) is 13.5. The predicted octanol–water partition coefficient (Wildman–Crippen LogP) is 1.78. The number of nitrogens with zero attached hydrogens (tertiary/aromatic N) is 1. The molecule has 1 atom stereocenters. The molecule has 0 fully saturated rings. The highest BCUT2D eigenvalue weighted by Gasteiger charge is 2.27. The Balaban J connectivity index is 2.18. The molecule has 2 rings (SSSR count). The van der Waals surface area contributed by atoms with Crippen LogP contribution in [0.1, 0.15) is 18.3 Å². The number of aryl methyl sites for hydroxylation is 1. The number of hydrogen-bond acceptors (Lipinski definition) is 4. The van der Waals surface area contributed by atoms with Crippen LogP contribution in [0.25, 0.3) is 11.3 Å². The van der Waals surface area contributed by atoms with Crippen LogP contribution in [0.15, 0.2) is 30.5 Å². The van der Waals surface area contributed by atoms with Crippen LogP contribution >= 0.6 is 6.72 Å². The normalized spacial score (nSPS) is 14.9. The van der Waals surface area contributed by atoms with Gasteiger partial charge >= 0.3 is 6.72 Å². The Morgan fingerprint density at radius 1 is 1.38 bits per heavy atom. The maximum atomic E-state index is 9.11. The summed E-state index contributed by atoms with van der Waals surface area (Å²) in [5.41, 5.74) is 8.08. The molecule has 114 valence electrons. The summed E-state index contributed by atoms with van der Waals surface area (Å²) in [6.45, 7) is -0.174. The minimum atomic E-state index is -3.73. The van der Waals surface area contributed by atoms with Gasteiger partial charge in [-0.2, -0.15) is 0 Å². The third-order valence-corrected chi connectivity index (χ3v) is 3.79. The molecule has 21 heavy (non-hydrogen) atoms. The lowest BCUT2D eigenvalue weighted by molar-refractivity contribution is 0.191. The molecule has 6 nitrogen and oxygen atoms in total. The maximum absolute atomic E-state index is 9.11. The van der Waals surface area contributed by atoms with Crippen LogP contribution in [0.5, 0.6) is 0 Å². The van der Waals surface area contributed by atoms with Crippen molar-refractivity contribution in [3.63, 3.8) is 0 Å². The van der Waals surface area contributed by atoms with E-state index in [0.717, 1.165) is 11.3 Å². The van der Waals surface area contributed by atoms with Gasteiger partial charge in [0.2, 0.25) is 0 Å². The smallest absolute Gasteiger partial charge is 0.321 e. The minimum absolute atomic E-state index is 0.141. The Morgan fingerprint density at radius 3 is 2.57 bits per heavy atom. The van der Waals surface area contributed by atoms with Crippen molar-refractivity contribution in [1.29, 1.82) is 0 Å². The van der Waals surface area contributed by atoms with E-state index in [9.17, 15) is 0 Å². The average Bonchev–Trinajstić information content (AvgIpc) is 2.87. The largest absolute Gasteiger partial charge is 0.340 e. The van der Waals surface area contributed by atoms with Gasteiger partial charge in [0.1, 0.15) is 5.82 Å². The molecular weight excluding hydrogens is 309 g/mol. The number of aromatic nitrogens is 2. The molecule has 0 aliphatic rings. The summed E-state index contributed by atoms with van der Waals surface area (Å²) in [5.74, 6) is 0.488. The molecule has 1 unspecified atom stereocenters. The number of nitrogens with one attached hydrogen (secondary N) is 1. The lowest BCUT2D eigenvalue weighted by Crippen LogP contribution is -2.39. The van der Waals surface area contributed by atoms with Gasteiger partial charge < -0.3 is 25.0 Å². The maximum Gasteiger partial charge on any atom is 0.321 e. The summed E-state index contributed by atoms with van der Waals surface area (Å²) < 4.78 is 4.83. The molecular formula is C13H18N3O3PS. The monoisotopic (exact) mass is 327 g/mol. The summed E-state index contributed by atoms with van der Waals surface area (Å²) in [7, 11) is 0. The molecule has 0 aliphatic carbocycles. The molecule has 0 saturated carbocycles. The molecule has 1 aromatic heterocycles. The average molecular weight is 327 g/mol. The van der Waals surface area contributed by atoms with Gasteiger partial charge in [-0.3, -0.25) is 0 Å². The Bertz CT molecular complexity index is 664. The van der Waals surface area contributed by atoms with Crippen LogP contribution < -0.4 is 5.73 Å². The van der Waals surface area contributed by atoms with Crippen molar-refractivity contribution in [2.45, 2.75) is 19.4 Å². The molecule has 0 amide bonds. The van der Waals surface area contributed by atoms with E-state index in [1.807, 2.05) is 31.2 Å². The van der Waals surface area contributed by atoms with Gasteiger partial charge in [-0.15, -0.1) is 0 Å².